The maximum atomic E-state index is 13.1. The minimum atomic E-state index is -1.55. The lowest BCUT2D eigenvalue weighted by Gasteiger charge is -2.28. The molecule has 16 N–H and O–H groups in total. The number of pyridine rings is 3. The molecule has 0 aliphatic heterocycles. The normalized spacial score (nSPS) is 12.1. The van der Waals surface area contributed by atoms with Crippen molar-refractivity contribution in [1.82, 2.24) is 24.3 Å². The van der Waals surface area contributed by atoms with Gasteiger partial charge in [0.2, 0.25) is 29.5 Å². The molecule has 0 aliphatic carbocycles. The molecule has 34 heteroatoms. The molecule has 8 atom stereocenters. The lowest BCUT2D eigenvalue weighted by molar-refractivity contribution is -0.142. The van der Waals surface area contributed by atoms with Gasteiger partial charge < -0.3 is 72.2 Å². The van der Waals surface area contributed by atoms with E-state index in [4.69, 9.17) is 42.3 Å². The van der Waals surface area contributed by atoms with Gasteiger partial charge in [-0.05, 0) is 90.1 Å². The van der Waals surface area contributed by atoms with E-state index >= 15 is 0 Å². The Labute approximate surface area is 667 Å². The number of ether oxygens (including phenoxy) is 3. The van der Waals surface area contributed by atoms with Gasteiger partial charge in [-0.15, -0.1) is 0 Å². The van der Waals surface area contributed by atoms with Crippen molar-refractivity contribution in [3.8, 4) is 0 Å². The summed E-state index contributed by atoms with van der Waals surface area (Å²) >= 11 is 0. The summed E-state index contributed by atoms with van der Waals surface area (Å²) in [5, 5.41) is 40.1. The van der Waals surface area contributed by atoms with Crippen LogP contribution in [0.2, 0.25) is 0 Å². The Morgan fingerprint density at radius 2 is 0.719 bits per heavy atom. The summed E-state index contributed by atoms with van der Waals surface area (Å²) in [5.74, 6) is -6.38. The molecule has 3 heterocycles. The number of aliphatic hydroxyl groups is 2. The van der Waals surface area contributed by atoms with Crippen LogP contribution in [0.25, 0.3) is 0 Å². The maximum absolute atomic E-state index is 13.1. The zero-order valence-electron chi connectivity index (χ0n) is 59.4. The highest BCUT2D eigenvalue weighted by Gasteiger charge is 2.33. The molecule has 0 saturated heterocycles. The molecule has 6 aromatic rings. The average Bonchev–Trinajstić information content (AvgIpc) is 0.820. The quantitative estimate of drug-likeness (QED) is 0.0164. The van der Waals surface area contributed by atoms with Crippen molar-refractivity contribution in [1.29, 1.82) is 0 Å². The number of hydrogen-bond donors (Lipinski definition) is 12. The molecule has 0 saturated carbocycles. The van der Waals surface area contributed by atoms with Crippen LogP contribution < -0.4 is 66.2 Å². The second-order valence-corrected chi connectivity index (χ2v) is 24.8. The number of hydrogen-bond acceptors (Lipinski definition) is 19. The summed E-state index contributed by atoms with van der Waals surface area (Å²) in [6, 6.07) is 29.5. The van der Waals surface area contributed by atoms with Gasteiger partial charge in [-0.2, -0.15) is 0 Å². The minimum absolute atomic E-state index is 0. The van der Waals surface area contributed by atoms with Crippen LogP contribution in [-0.2, 0) is 67.6 Å². The number of halogens is 3. The number of Topliss-reactive ketones (excluding diaryl/α,β-unsaturated/α-hetero) is 1. The second kappa shape index (κ2) is 59.3. The molecule has 0 fully saturated rings. The van der Waals surface area contributed by atoms with Gasteiger partial charge in [-0.25, -0.2) is 32.3 Å². The van der Waals surface area contributed by atoms with E-state index in [0.29, 0.717) is 0 Å². The van der Waals surface area contributed by atoms with Gasteiger partial charge in [-0.1, -0.05) is 192 Å². The van der Waals surface area contributed by atoms with Crippen LogP contribution in [0.1, 0.15) is 174 Å². The van der Waals surface area contributed by atoms with Crippen molar-refractivity contribution in [2.75, 3.05) is 36.0 Å². The van der Waals surface area contributed by atoms with E-state index in [1.165, 1.54) is 55.0 Å². The SMILES string of the molecule is C.C.C.C.C.C.C.C.CC(C)C(C(=O)NC(CCC(N)=O)C(=O)CF)n1cccc(NC(=O)OCc2ccccc2)c1=O.CC(C)C(C(=O)NC(CCC(N)=O)C(O)CF)n1cccc(NC(=O)OCc2ccccc2)c1=O.CC(C)C(C(=O)O)n1cccc(NC(=O)OCc2ccccc2)c1=O.NC(=O)CCC(N)C(O)CF. The van der Waals surface area contributed by atoms with E-state index in [2.05, 4.69) is 26.6 Å². The number of rotatable bonds is 35. The van der Waals surface area contributed by atoms with E-state index in [1.54, 1.807) is 90.1 Å². The van der Waals surface area contributed by atoms with Gasteiger partial charge in [0.05, 0.1) is 18.2 Å². The van der Waals surface area contributed by atoms with Crippen molar-refractivity contribution in [3.63, 3.8) is 0 Å². The third-order valence-electron chi connectivity index (χ3n) is 15.4. The summed E-state index contributed by atoms with van der Waals surface area (Å²) in [5.41, 5.74) is 20.5. The zero-order valence-corrected chi connectivity index (χ0v) is 59.4. The Kier molecular flexibility index (Phi) is 58.9. The molecule has 0 radical (unpaired) electrons. The largest absolute Gasteiger partial charge is 0.480 e. The number of carboxylic acids is 1. The van der Waals surface area contributed by atoms with Gasteiger partial charge >= 0.3 is 24.2 Å². The van der Waals surface area contributed by atoms with Crippen LogP contribution in [0.4, 0.5) is 44.6 Å². The molecule has 8 unspecified atom stereocenters. The van der Waals surface area contributed by atoms with Gasteiger partial charge in [0.15, 0.2) is 5.78 Å². The predicted octanol–water partition coefficient (Wildman–Crippen LogP) is 10.8. The van der Waals surface area contributed by atoms with E-state index in [9.17, 15) is 85.7 Å². The number of nitrogens with one attached hydrogen (secondary N) is 5. The third-order valence-corrected chi connectivity index (χ3v) is 15.4. The van der Waals surface area contributed by atoms with Crippen molar-refractivity contribution in [2.45, 2.75) is 208 Å². The molecule has 0 aliphatic rings. The lowest BCUT2D eigenvalue weighted by Crippen LogP contribution is -2.49. The summed E-state index contributed by atoms with van der Waals surface area (Å²) < 4.78 is 56.5. The number of carbonyl (C=O) groups excluding carboxylic acids is 9. The van der Waals surface area contributed by atoms with E-state index < -0.39 is 157 Å². The van der Waals surface area contributed by atoms with Crippen molar-refractivity contribution in [2.24, 2.45) is 40.7 Å². The summed E-state index contributed by atoms with van der Waals surface area (Å²) in [6.45, 7) is 6.90. The summed E-state index contributed by atoms with van der Waals surface area (Å²) in [6.07, 6.45) is -1.40. The molecule has 8 amide bonds. The smallest absolute Gasteiger partial charge is 0.412 e. The molecular formula is C80H125F3N12O19. The number of anilines is 3. The standard InChI is InChI=1S/C24H31FN4O6.C24H29FN4O6.C18H20N2O5.C6H13FN2O2.8CH4/c2*1-15(2)21(22(32)27-17(19(30)13-25)10-11-20(26)31)29-12-6-9-18(23(29)33)28-24(34)35-14-16-7-4-3-5-8-16;1-12(2)15(17(22)23)20-10-6-9-14(16(20)21)19-18(24)25-11-13-7-4-3-5-8-13;7-3-5(10)4(8)1-2-6(9)11;;;;;;;;/h3-9,12,15,17,19,21,30H,10-11,13-14H2,1-2H3,(H2,26,31)(H,27,32)(H,28,34);3-9,12,15,17,21H,10-11,13-14H2,1-2H3,(H2,26,31)(H,27,32)(H,28,34);3-10,12,15H,11H2,1-2H3,(H,19,24)(H,22,23);4-5,10H,1-3,8H2,(H2,9,11);8*1H4. The fourth-order valence-corrected chi connectivity index (χ4v) is 9.91. The fraction of sp³-hybridized carbons (Fsp3) is 0.463. The number of aliphatic hydroxyl groups excluding tert-OH is 2. The number of nitrogens with two attached hydrogens (primary N) is 4. The second-order valence-electron chi connectivity index (χ2n) is 24.8. The monoisotopic (exact) mass is 1610 g/mol. The van der Waals surface area contributed by atoms with Crippen molar-refractivity contribution < 1.29 is 90.6 Å². The Morgan fingerprint density at radius 1 is 0.421 bits per heavy atom. The Morgan fingerprint density at radius 3 is 1.01 bits per heavy atom. The molecule has 0 bridgehead atoms. The number of alkyl halides is 3. The molecule has 114 heavy (non-hydrogen) atoms. The predicted molar refractivity (Wildman–Crippen MR) is 438 cm³/mol. The van der Waals surface area contributed by atoms with Gasteiger partial charge in [-0.3, -0.25) is 63.7 Å². The molecule has 3 aromatic heterocycles. The van der Waals surface area contributed by atoms with Gasteiger partial charge in [0.1, 0.15) is 81.1 Å². The first-order valence-electron chi connectivity index (χ1n) is 33.3. The molecule has 3 aromatic carbocycles. The third kappa shape index (κ3) is 39.6. The highest BCUT2D eigenvalue weighted by molar-refractivity contribution is 5.92. The van der Waals surface area contributed by atoms with Gasteiger partial charge in [0.25, 0.3) is 16.7 Å². The topological polar surface area (TPSA) is 489 Å². The van der Waals surface area contributed by atoms with Gasteiger partial charge in [0, 0.05) is 43.9 Å². The van der Waals surface area contributed by atoms with Crippen LogP contribution in [0.3, 0.4) is 0 Å². The molecular weight excluding hydrogens is 1490 g/mol. The first-order valence-corrected chi connectivity index (χ1v) is 33.3. The van der Waals surface area contributed by atoms with Crippen LogP contribution in [-0.4, -0.2) is 139 Å². The van der Waals surface area contributed by atoms with Crippen molar-refractivity contribution >= 4 is 76.6 Å². The number of benzene rings is 3. The Hall–Kier alpha value is -11.5. The number of amides is 8. The fourth-order valence-electron chi connectivity index (χ4n) is 9.91. The van der Waals surface area contributed by atoms with Crippen LogP contribution >= 0.6 is 0 Å². The van der Waals surface area contributed by atoms with E-state index in [-0.39, 0.29) is 141 Å². The molecule has 0 spiro atoms. The average molecular weight is 1620 g/mol. The molecule has 6 rings (SSSR count). The Bertz CT molecular complexity index is 4020. The van der Waals surface area contributed by atoms with Crippen LogP contribution in [0.15, 0.2) is 160 Å². The number of carbonyl (C=O) groups is 10. The zero-order chi connectivity index (χ0) is 79.2. The number of primary amides is 3. The van der Waals surface area contributed by atoms with E-state index in [1.807, 2.05) is 42.5 Å². The summed E-state index contributed by atoms with van der Waals surface area (Å²) in [4.78, 5) is 157. The lowest BCUT2D eigenvalue weighted by atomic mass is 10.00. The highest BCUT2D eigenvalue weighted by atomic mass is 19.1. The van der Waals surface area contributed by atoms with Crippen LogP contribution in [0.5, 0.6) is 0 Å². The van der Waals surface area contributed by atoms with E-state index in [0.717, 1.165) is 30.4 Å². The number of aromatic nitrogens is 3. The number of nitrogens with zero attached hydrogens (tertiary/aromatic N) is 3. The summed E-state index contributed by atoms with van der Waals surface area (Å²) in [7, 11) is 0. The van der Waals surface area contributed by atoms with Crippen molar-refractivity contribution in [3.05, 3.63) is 194 Å². The first kappa shape index (κ1) is 113. The highest BCUT2D eigenvalue weighted by Crippen LogP contribution is 2.22. The number of aliphatic carboxylic acids is 1. The maximum Gasteiger partial charge on any atom is 0.412 e. The number of ketones is 1. The Balaban J connectivity index is -0.000000351. The minimum Gasteiger partial charge on any atom is -0.480 e. The first-order chi connectivity index (χ1) is 50.2. The number of carboxylic acid groups (broad SMARTS) is 1. The molecule has 640 valence electrons. The van der Waals surface area contributed by atoms with Crippen LogP contribution in [0, 0.1) is 17.8 Å². The molecule has 31 nitrogen and oxygen atoms in total.